The normalized spacial score (nSPS) is 10.2. The smallest absolute Gasteiger partial charge is 0.272 e. The molecule has 1 rings (SSSR count). The summed E-state index contributed by atoms with van der Waals surface area (Å²) in [5.74, 6) is 0. The van der Waals surface area contributed by atoms with Gasteiger partial charge >= 0.3 is 0 Å². The lowest BCUT2D eigenvalue weighted by Crippen LogP contribution is -1.99. The third-order valence-corrected chi connectivity index (χ3v) is 2.77. The van der Waals surface area contributed by atoms with Crippen molar-refractivity contribution in [3.05, 3.63) is 39.4 Å². The van der Waals surface area contributed by atoms with Crippen molar-refractivity contribution in [2.75, 3.05) is 0 Å². The van der Waals surface area contributed by atoms with Crippen molar-refractivity contribution in [3.63, 3.8) is 0 Å². The Morgan fingerprint density at radius 2 is 2.12 bits per heavy atom. The molecule has 1 aromatic rings. The molecule has 0 heterocycles. The maximum atomic E-state index is 11.0. The maximum Gasteiger partial charge on any atom is 0.272 e. The number of nitro groups is 1. The molecular weight excluding hydrogens is 242 g/mol. The number of aryl methyl sites for hydroxylation is 1. The van der Waals surface area contributed by atoms with Gasteiger partial charge < -0.3 is 0 Å². The topological polar surface area (TPSA) is 60.2 Å². The maximum absolute atomic E-state index is 11.0. The van der Waals surface area contributed by atoms with Crippen molar-refractivity contribution in [1.82, 2.24) is 0 Å². The molecule has 5 heteroatoms. The molecule has 0 saturated carbocycles. The molecule has 92 valence electrons. The number of hydrogen-bond acceptors (Lipinski definition) is 3. The fourth-order valence-electron chi connectivity index (χ4n) is 1.65. The molecule has 0 aliphatic carbocycles. The number of nitrogens with zero attached hydrogens (tertiary/aromatic N) is 1. The highest BCUT2D eigenvalue weighted by Gasteiger charge is 2.15. The van der Waals surface area contributed by atoms with Crippen LogP contribution >= 0.6 is 11.6 Å². The summed E-state index contributed by atoms with van der Waals surface area (Å²) in [5, 5.41) is 10.2. The van der Waals surface area contributed by atoms with Gasteiger partial charge in [-0.2, -0.15) is 0 Å². The number of hydrogen-bond donors (Lipinski definition) is 0. The Bertz CT molecular complexity index is 432. The van der Waals surface area contributed by atoms with Crippen LogP contribution in [0.25, 0.3) is 0 Å². The van der Waals surface area contributed by atoms with E-state index in [9.17, 15) is 14.9 Å². The first-order chi connectivity index (χ1) is 8.06. The van der Waals surface area contributed by atoms with Crippen LogP contribution in [0, 0.1) is 10.1 Å². The number of nitro benzene ring substituents is 1. The summed E-state index contributed by atoms with van der Waals surface area (Å²) in [4.78, 5) is 21.4. The van der Waals surface area contributed by atoms with Crippen LogP contribution in [-0.2, 0) is 6.42 Å². The van der Waals surface area contributed by atoms with Gasteiger partial charge in [0.05, 0.1) is 4.92 Å². The Morgan fingerprint density at radius 1 is 1.41 bits per heavy atom. The van der Waals surface area contributed by atoms with E-state index in [-0.39, 0.29) is 5.69 Å². The van der Waals surface area contributed by atoms with E-state index in [2.05, 4.69) is 6.92 Å². The van der Waals surface area contributed by atoms with E-state index in [1.807, 2.05) is 0 Å². The number of unbranched alkanes of at least 4 members (excludes halogenated alkanes) is 2. The van der Waals surface area contributed by atoms with Crippen LogP contribution in [0.2, 0.25) is 0 Å². The Balaban J connectivity index is 2.98. The van der Waals surface area contributed by atoms with Gasteiger partial charge in [-0.15, -0.1) is 0 Å². The molecule has 0 amide bonds. The van der Waals surface area contributed by atoms with Gasteiger partial charge in [0.2, 0.25) is 0 Å². The predicted octanol–water partition coefficient (Wildman–Crippen LogP) is 3.71. The van der Waals surface area contributed by atoms with Gasteiger partial charge in [0.1, 0.15) is 0 Å². The van der Waals surface area contributed by atoms with Crippen molar-refractivity contribution < 1.29 is 9.72 Å². The van der Waals surface area contributed by atoms with E-state index in [0.29, 0.717) is 17.5 Å². The van der Waals surface area contributed by atoms with E-state index in [1.54, 1.807) is 0 Å². The Labute approximate surface area is 105 Å². The third-order valence-electron chi connectivity index (χ3n) is 2.55. The first kappa shape index (κ1) is 13.6. The highest BCUT2D eigenvalue weighted by molar-refractivity contribution is 6.67. The predicted molar refractivity (Wildman–Crippen MR) is 66.5 cm³/mol. The zero-order valence-corrected chi connectivity index (χ0v) is 10.4. The fourth-order valence-corrected chi connectivity index (χ4v) is 1.77. The monoisotopic (exact) mass is 255 g/mol. The third kappa shape index (κ3) is 3.82. The minimum atomic E-state index is -0.586. The van der Waals surface area contributed by atoms with Crippen LogP contribution in [0.1, 0.15) is 42.1 Å². The van der Waals surface area contributed by atoms with E-state index < -0.39 is 10.2 Å². The molecular formula is C12H14ClNO3. The van der Waals surface area contributed by atoms with E-state index >= 15 is 0 Å². The first-order valence-corrected chi connectivity index (χ1v) is 5.91. The molecule has 0 radical (unpaired) electrons. The van der Waals surface area contributed by atoms with Crippen LogP contribution in [0.3, 0.4) is 0 Å². The second-order valence-corrected chi connectivity index (χ2v) is 4.17. The number of carbonyl (C=O) groups is 1. The first-order valence-electron chi connectivity index (χ1n) is 5.53. The number of benzene rings is 1. The highest BCUT2D eigenvalue weighted by atomic mass is 35.5. The second-order valence-electron chi connectivity index (χ2n) is 3.83. The Kier molecular flexibility index (Phi) is 5.10. The van der Waals surface area contributed by atoms with Crippen LogP contribution in [0.4, 0.5) is 5.69 Å². The van der Waals surface area contributed by atoms with Crippen molar-refractivity contribution in [2.45, 2.75) is 32.6 Å². The van der Waals surface area contributed by atoms with E-state index in [1.165, 1.54) is 18.2 Å². The van der Waals surface area contributed by atoms with Crippen LogP contribution in [0.15, 0.2) is 18.2 Å². The largest absolute Gasteiger partial charge is 0.276 e. The van der Waals surface area contributed by atoms with Gasteiger partial charge in [-0.25, -0.2) is 0 Å². The molecule has 0 atom stereocenters. The summed E-state index contributed by atoms with van der Waals surface area (Å²) in [6.07, 6.45) is 3.53. The Hall–Kier alpha value is -1.42. The van der Waals surface area contributed by atoms with Gasteiger partial charge in [-0.1, -0.05) is 19.8 Å². The molecule has 0 bridgehead atoms. The highest BCUT2D eigenvalue weighted by Crippen LogP contribution is 2.23. The minimum absolute atomic E-state index is 0.0581. The molecule has 1 aromatic carbocycles. The van der Waals surface area contributed by atoms with Gasteiger partial charge in [0, 0.05) is 17.2 Å². The number of carbonyl (C=O) groups excluding carboxylic acids is 1. The van der Waals surface area contributed by atoms with Gasteiger partial charge in [-0.3, -0.25) is 14.9 Å². The molecule has 0 aliphatic rings. The van der Waals surface area contributed by atoms with Gasteiger partial charge in [0.25, 0.3) is 10.9 Å². The van der Waals surface area contributed by atoms with Crippen LogP contribution in [0.5, 0.6) is 0 Å². The van der Waals surface area contributed by atoms with Crippen molar-refractivity contribution in [1.29, 1.82) is 0 Å². The summed E-state index contributed by atoms with van der Waals surface area (Å²) in [6.45, 7) is 2.06. The van der Waals surface area contributed by atoms with Crippen molar-refractivity contribution in [3.8, 4) is 0 Å². The lowest BCUT2D eigenvalue weighted by molar-refractivity contribution is -0.385. The molecule has 0 fully saturated rings. The molecule has 0 N–H and O–H groups in total. The number of halogens is 1. The zero-order valence-electron chi connectivity index (χ0n) is 9.61. The summed E-state index contributed by atoms with van der Waals surface area (Å²) in [6, 6.07) is 4.25. The van der Waals surface area contributed by atoms with Crippen LogP contribution < -0.4 is 0 Å². The Morgan fingerprint density at radius 3 is 2.65 bits per heavy atom. The molecule has 0 aliphatic heterocycles. The summed E-state index contributed by atoms with van der Waals surface area (Å²) >= 11 is 5.36. The summed E-state index contributed by atoms with van der Waals surface area (Å²) < 4.78 is 0. The van der Waals surface area contributed by atoms with Crippen molar-refractivity contribution in [2.24, 2.45) is 0 Å². The number of rotatable bonds is 6. The fraction of sp³-hybridized carbons (Fsp3) is 0.417. The minimum Gasteiger partial charge on any atom is -0.276 e. The van der Waals surface area contributed by atoms with Crippen LogP contribution in [-0.4, -0.2) is 10.2 Å². The molecule has 0 aromatic heterocycles. The second kappa shape index (κ2) is 6.35. The molecule has 0 spiro atoms. The lowest BCUT2D eigenvalue weighted by atomic mass is 10.0. The van der Waals surface area contributed by atoms with Gasteiger partial charge in [0.15, 0.2) is 0 Å². The summed E-state index contributed by atoms with van der Waals surface area (Å²) in [7, 11) is 0. The average Bonchev–Trinajstić information content (AvgIpc) is 2.28. The summed E-state index contributed by atoms with van der Waals surface area (Å²) in [5.41, 5.74) is 0.946. The molecule has 0 saturated heterocycles. The molecule has 17 heavy (non-hydrogen) atoms. The average molecular weight is 256 g/mol. The van der Waals surface area contributed by atoms with E-state index in [0.717, 1.165) is 19.3 Å². The molecule has 0 unspecified atom stereocenters. The van der Waals surface area contributed by atoms with Gasteiger partial charge in [-0.05, 0) is 36.6 Å². The van der Waals surface area contributed by atoms with E-state index in [4.69, 9.17) is 11.6 Å². The SMILES string of the molecule is CCCCCc1cc(C(=O)Cl)ccc1[N+](=O)[O-]. The molecule has 4 nitrogen and oxygen atoms in total. The quantitative estimate of drug-likeness (QED) is 0.337. The standard InChI is InChI=1S/C12H14ClNO3/c1-2-3-4-5-9-8-10(12(13)15)6-7-11(9)14(16)17/h6-8H,2-5H2,1H3. The lowest BCUT2D eigenvalue weighted by Gasteiger charge is -2.04. The van der Waals surface area contributed by atoms with Crippen molar-refractivity contribution >= 4 is 22.5 Å². The zero-order chi connectivity index (χ0) is 12.8.